The molecular formula is C14H13ClN4O4S. The molecule has 10 heteroatoms. The number of rotatable bonds is 7. The minimum absolute atomic E-state index is 0.0636. The van der Waals surface area contributed by atoms with Gasteiger partial charge in [0.1, 0.15) is 5.02 Å². The zero-order chi connectivity index (χ0) is 17.5. The molecule has 1 aromatic heterocycles. The number of carbonyl (C=O) groups excluding carboxylic acids is 1. The maximum absolute atomic E-state index is 11.4. The summed E-state index contributed by atoms with van der Waals surface area (Å²) in [4.78, 5) is 25.8. The molecule has 0 spiro atoms. The summed E-state index contributed by atoms with van der Waals surface area (Å²) in [6.45, 7) is 2.06. The minimum Gasteiger partial charge on any atom is -0.466 e. The van der Waals surface area contributed by atoms with E-state index in [0.29, 0.717) is 23.0 Å². The molecule has 2 rings (SSSR count). The molecular weight excluding hydrogens is 356 g/mol. The topological polar surface area (TPSA) is 107 Å². The summed E-state index contributed by atoms with van der Waals surface area (Å²) < 4.78 is 4.84. The molecule has 1 aromatic carbocycles. The monoisotopic (exact) mass is 368 g/mol. The number of hydrogen-bond acceptors (Lipinski definition) is 8. The van der Waals surface area contributed by atoms with Crippen molar-refractivity contribution in [3.05, 3.63) is 50.0 Å². The van der Waals surface area contributed by atoms with Crippen LogP contribution in [0.3, 0.4) is 0 Å². The average molecular weight is 369 g/mol. The van der Waals surface area contributed by atoms with Gasteiger partial charge >= 0.3 is 5.97 Å². The molecule has 0 aliphatic carbocycles. The van der Waals surface area contributed by atoms with Crippen LogP contribution in [0, 0.1) is 10.1 Å². The molecule has 0 amide bonds. The Morgan fingerprint density at radius 3 is 3.08 bits per heavy atom. The number of nitro benzene ring substituents is 1. The SMILES string of the molecule is CCOC(=O)Cc1csc(N/N=C\c2ccc(Cl)c([N+](=O)[O-])c2)n1. The van der Waals surface area contributed by atoms with Crippen LogP contribution in [-0.2, 0) is 16.0 Å². The van der Waals surface area contributed by atoms with E-state index in [1.54, 1.807) is 18.4 Å². The first kappa shape index (κ1) is 17.8. The number of anilines is 1. The highest BCUT2D eigenvalue weighted by Gasteiger charge is 2.12. The number of hydrazone groups is 1. The van der Waals surface area contributed by atoms with E-state index in [4.69, 9.17) is 16.3 Å². The summed E-state index contributed by atoms with van der Waals surface area (Å²) in [5.41, 5.74) is 3.61. The Morgan fingerprint density at radius 2 is 2.38 bits per heavy atom. The van der Waals surface area contributed by atoms with E-state index >= 15 is 0 Å². The molecule has 0 aliphatic heterocycles. The summed E-state index contributed by atoms with van der Waals surface area (Å²) in [5, 5.41) is 17.1. The van der Waals surface area contributed by atoms with E-state index < -0.39 is 4.92 Å². The van der Waals surface area contributed by atoms with Crippen molar-refractivity contribution in [2.75, 3.05) is 12.0 Å². The number of nitro groups is 1. The van der Waals surface area contributed by atoms with Crippen LogP contribution in [0.25, 0.3) is 0 Å². The molecule has 0 bridgehead atoms. The number of nitrogens with one attached hydrogen (secondary N) is 1. The van der Waals surface area contributed by atoms with E-state index in [1.807, 2.05) is 0 Å². The number of aromatic nitrogens is 1. The number of ether oxygens (including phenoxy) is 1. The number of halogens is 1. The van der Waals surface area contributed by atoms with Gasteiger partial charge in [0.2, 0.25) is 5.13 Å². The number of hydrogen-bond donors (Lipinski definition) is 1. The van der Waals surface area contributed by atoms with Crippen molar-refractivity contribution in [1.29, 1.82) is 0 Å². The van der Waals surface area contributed by atoms with Crippen LogP contribution in [0.5, 0.6) is 0 Å². The van der Waals surface area contributed by atoms with E-state index in [-0.39, 0.29) is 23.1 Å². The van der Waals surface area contributed by atoms with Crippen LogP contribution in [0.1, 0.15) is 18.2 Å². The Labute approximate surface area is 146 Å². The van der Waals surface area contributed by atoms with Gasteiger partial charge in [0.05, 0.1) is 29.9 Å². The predicted molar refractivity (Wildman–Crippen MR) is 91.8 cm³/mol. The maximum Gasteiger partial charge on any atom is 0.311 e. The van der Waals surface area contributed by atoms with Crippen molar-refractivity contribution >= 4 is 45.9 Å². The minimum atomic E-state index is -0.560. The van der Waals surface area contributed by atoms with E-state index in [0.717, 1.165) is 0 Å². The fourth-order valence-electron chi connectivity index (χ4n) is 1.71. The van der Waals surface area contributed by atoms with Gasteiger partial charge in [-0.3, -0.25) is 20.3 Å². The molecule has 0 unspecified atom stereocenters. The maximum atomic E-state index is 11.4. The van der Waals surface area contributed by atoms with Crippen LogP contribution in [0.15, 0.2) is 28.7 Å². The summed E-state index contributed by atoms with van der Waals surface area (Å²) in [6, 6.07) is 4.36. The Morgan fingerprint density at radius 1 is 1.58 bits per heavy atom. The highest BCUT2D eigenvalue weighted by Crippen LogP contribution is 2.24. The number of thiazole rings is 1. The lowest BCUT2D eigenvalue weighted by Gasteiger charge is -1.98. The highest BCUT2D eigenvalue weighted by molar-refractivity contribution is 7.13. The number of esters is 1. The van der Waals surface area contributed by atoms with Gasteiger partial charge in [0, 0.05) is 17.0 Å². The second kappa shape index (κ2) is 8.37. The van der Waals surface area contributed by atoms with Crippen LogP contribution in [0.4, 0.5) is 10.8 Å². The lowest BCUT2D eigenvalue weighted by atomic mass is 10.2. The van der Waals surface area contributed by atoms with Crippen LogP contribution >= 0.6 is 22.9 Å². The van der Waals surface area contributed by atoms with Crippen molar-refractivity contribution in [1.82, 2.24) is 4.98 Å². The van der Waals surface area contributed by atoms with Crippen molar-refractivity contribution in [3.63, 3.8) is 0 Å². The molecule has 0 aliphatic rings. The standard InChI is InChI=1S/C14H13ClN4O4S/c1-2-23-13(20)6-10-8-24-14(17-10)18-16-7-9-3-4-11(15)12(5-9)19(21)22/h3-5,7-8H,2,6H2,1H3,(H,17,18)/b16-7-. The third-order valence-corrected chi connectivity index (χ3v) is 3.84. The van der Waals surface area contributed by atoms with Crippen LogP contribution in [0.2, 0.25) is 5.02 Å². The zero-order valence-electron chi connectivity index (χ0n) is 12.6. The van der Waals surface area contributed by atoms with Gasteiger partial charge in [0.15, 0.2) is 0 Å². The summed E-state index contributed by atoms with van der Waals surface area (Å²) in [6.07, 6.45) is 1.51. The highest BCUT2D eigenvalue weighted by atomic mass is 35.5. The molecule has 2 aromatic rings. The third-order valence-electron chi connectivity index (χ3n) is 2.72. The molecule has 1 N–H and O–H groups in total. The number of nitrogens with zero attached hydrogens (tertiary/aromatic N) is 3. The van der Waals surface area contributed by atoms with Gasteiger partial charge in [-0.25, -0.2) is 4.98 Å². The first-order valence-electron chi connectivity index (χ1n) is 6.82. The van der Waals surface area contributed by atoms with Gasteiger partial charge in [-0.15, -0.1) is 11.3 Å². The summed E-state index contributed by atoms with van der Waals surface area (Å²) in [5.74, 6) is -0.341. The zero-order valence-corrected chi connectivity index (χ0v) is 14.1. The lowest BCUT2D eigenvalue weighted by molar-refractivity contribution is -0.384. The fourth-order valence-corrected chi connectivity index (χ4v) is 2.56. The van der Waals surface area contributed by atoms with Gasteiger partial charge in [-0.05, 0) is 13.0 Å². The molecule has 0 atom stereocenters. The van der Waals surface area contributed by atoms with Gasteiger partial charge in [0.25, 0.3) is 5.69 Å². The fraction of sp³-hybridized carbons (Fsp3) is 0.214. The summed E-state index contributed by atoms with van der Waals surface area (Å²) >= 11 is 7.02. The molecule has 0 saturated heterocycles. The Hall–Kier alpha value is -2.52. The van der Waals surface area contributed by atoms with Gasteiger partial charge in [-0.2, -0.15) is 5.10 Å². The van der Waals surface area contributed by atoms with Crippen LogP contribution in [-0.4, -0.2) is 28.7 Å². The van der Waals surface area contributed by atoms with Crippen molar-refractivity contribution in [3.8, 4) is 0 Å². The molecule has 8 nitrogen and oxygen atoms in total. The predicted octanol–water partition coefficient (Wildman–Crippen LogP) is 3.26. The lowest BCUT2D eigenvalue weighted by Crippen LogP contribution is -2.07. The number of benzene rings is 1. The molecule has 0 radical (unpaired) electrons. The largest absolute Gasteiger partial charge is 0.466 e. The Kier molecular flexibility index (Phi) is 6.21. The Bertz CT molecular complexity index is 778. The number of carbonyl (C=O) groups is 1. The molecule has 1 heterocycles. The quantitative estimate of drug-likeness (QED) is 0.348. The molecule has 0 saturated carbocycles. The smallest absolute Gasteiger partial charge is 0.311 e. The van der Waals surface area contributed by atoms with E-state index in [9.17, 15) is 14.9 Å². The van der Waals surface area contributed by atoms with Crippen LogP contribution < -0.4 is 5.43 Å². The molecule has 24 heavy (non-hydrogen) atoms. The molecule has 126 valence electrons. The Balaban J connectivity index is 1.97. The second-order valence-electron chi connectivity index (χ2n) is 4.46. The molecule has 0 fully saturated rings. The first-order chi connectivity index (χ1) is 11.5. The third kappa shape index (κ3) is 5.00. The van der Waals surface area contributed by atoms with Crippen molar-refractivity contribution in [2.24, 2.45) is 5.10 Å². The average Bonchev–Trinajstić information content (AvgIpc) is 2.96. The van der Waals surface area contributed by atoms with Gasteiger partial charge < -0.3 is 4.74 Å². The van der Waals surface area contributed by atoms with E-state index in [2.05, 4.69) is 15.5 Å². The first-order valence-corrected chi connectivity index (χ1v) is 8.08. The second-order valence-corrected chi connectivity index (χ2v) is 5.73. The van der Waals surface area contributed by atoms with Crippen molar-refractivity contribution < 1.29 is 14.5 Å². The van der Waals surface area contributed by atoms with Gasteiger partial charge in [-0.1, -0.05) is 17.7 Å². The normalized spacial score (nSPS) is 10.8. The summed E-state index contributed by atoms with van der Waals surface area (Å²) in [7, 11) is 0. The van der Waals surface area contributed by atoms with Crippen molar-refractivity contribution in [2.45, 2.75) is 13.3 Å². The van der Waals surface area contributed by atoms with E-state index in [1.165, 1.54) is 29.7 Å².